The van der Waals surface area contributed by atoms with E-state index in [-0.39, 0.29) is 5.78 Å². The van der Waals surface area contributed by atoms with E-state index in [9.17, 15) is 4.79 Å². The van der Waals surface area contributed by atoms with Gasteiger partial charge in [-0.1, -0.05) is 0 Å². The minimum atomic E-state index is 0.196. The van der Waals surface area contributed by atoms with Crippen molar-refractivity contribution in [1.29, 1.82) is 0 Å². The van der Waals surface area contributed by atoms with Gasteiger partial charge >= 0.3 is 0 Å². The molecule has 3 heterocycles. The summed E-state index contributed by atoms with van der Waals surface area (Å²) in [7, 11) is 0. The van der Waals surface area contributed by atoms with Crippen LogP contribution in [0.3, 0.4) is 0 Å². The molecule has 0 radical (unpaired) electrons. The molecule has 108 valence electrons. The number of rotatable bonds is 2. The molecule has 5 nitrogen and oxygen atoms in total. The van der Waals surface area contributed by atoms with E-state index in [1.54, 1.807) is 18.7 Å². The van der Waals surface area contributed by atoms with Gasteiger partial charge in [-0.05, 0) is 37.1 Å². The maximum absolute atomic E-state index is 11.9. The van der Waals surface area contributed by atoms with E-state index in [1.165, 1.54) is 0 Å². The standard InChI is InChI=1S/C17H14N4O/c22-16-5-1-4-14-13(16)6-7-17(20-14)21-10-15(19-11-21)12-3-2-8-18-9-12/h2-3,6-11H,1,4-5H2. The third kappa shape index (κ3) is 2.20. The molecular weight excluding hydrogens is 276 g/mol. The van der Waals surface area contributed by atoms with Gasteiger partial charge in [-0.2, -0.15) is 0 Å². The molecule has 0 aromatic carbocycles. The van der Waals surface area contributed by atoms with E-state index in [1.807, 2.05) is 35.0 Å². The lowest BCUT2D eigenvalue weighted by Crippen LogP contribution is -2.13. The van der Waals surface area contributed by atoms with E-state index in [2.05, 4.69) is 15.0 Å². The average molecular weight is 290 g/mol. The van der Waals surface area contributed by atoms with Crippen molar-refractivity contribution >= 4 is 5.78 Å². The Kier molecular flexibility index (Phi) is 3.04. The molecule has 0 atom stereocenters. The predicted octanol–water partition coefficient (Wildman–Crippen LogP) is 2.85. The molecular formula is C17H14N4O. The van der Waals surface area contributed by atoms with Crippen LogP contribution in [-0.4, -0.2) is 25.3 Å². The number of hydrogen-bond acceptors (Lipinski definition) is 4. The largest absolute Gasteiger partial charge is 0.294 e. The zero-order chi connectivity index (χ0) is 14.9. The highest BCUT2D eigenvalue weighted by atomic mass is 16.1. The second-order valence-corrected chi connectivity index (χ2v) is 5.35. The summed E-state index contributed by atoms with van der Waals surface area (Å²) < 4.78 is 1.88. The Morgan fingerprint density at radius 1 is 1.14 bits per heavy atom. The van der Waals surface area contributed by atoms with E-state index in [4.69, 9.17) is 0 Å². The molecule has 3 aromatic rings. The SMILES string of the molecule is O=C1CCCc2nc(-n3cnc(-c4cccnc4)c3)ccc21. The van der Waals surface area contributed by atoms with Gasteiger partial charge in [0.2, 0.25) is 0 Å². The van der Waals surface area contributed by atoms with E-state index in [0.29, 0.717) is 6.42 Å². The highest BCUT2D eigenvalue weighted by molar-refractivity contribution is 5.98. The third-order valence-electron chi connectivity index (χ3n) is 3.88. The summed E-state index contributed by atoms with van der Waals surface area (Å²) >= 11 is 0. The topological polar surface area (TPSA) is 60.7 Å². The van der Waals surface area contributed by atoms with Gasteiger partial charge in [0.15, 0.2) is 5.78 Å². The first kappa shape index (κ1) is 12.9. The number of fused-ring (bicyclic) bond motifs is 1. The zero-order valence-electron chi connectivity index (χ0n) is 11.9. The molecule has 0 spiro atoms. The van der Waals surface area contributed by atoms with Crippen LogP contribution in [0.1, 0.15) is 28.9 Å². The van der Waals surface area contributed by atoms with Crippen LogP contribution in [0.25, 0.3) is 17.1 Å². The summed E-state index contributed by atoms with van der Waals surface area (Å²) in [5, 5.41) is 0. The van der Waals surface area contributed by atoms with Crippen LogP contribution in [0.4, 0.5) is 0 Å². The van der Waals surface area contributed by atoms with Crippen molar-refractivity contribution < 1.29 is 4.79 Å². The van der Waals surface area contributed by atoms with Gasteiger partial charge < -0.3 is 0 Å². The first-order chi connectivity index (χ1) is 10.8. The van der Waals surface area contributed by atoms with Crippen molar-refractivity contribution in [1.82, 2.24) is 19.5 Å². The van der Waals surface area contributed by atoms with Gasteiger partial charge in [0.25, 0.3) is 0 Å². The molecule has 0 amide bonds. The Bertz CT molecular complexity index is 839. The summed E-state index contributed by atoms with van der Waals surface area (Å²) in [6.45, 7) is 0. The summed E-state index contributed by atoms with van der Waals surface area (Å²) in [5.74, 6) is 0.984. The van der Waals surface area contributed by atoms with Crippen LogP contribution in [0.15, 0.2) is 49.2 Å². The molecule has 0 unspecified atom stereocenters. The third-order valence-corrected chi connectivity index (χ3v) is 3.88. The lowest BCUT2D eigenvalue weighted by molar-refractivity contribution is 0.0971. The second kappa shape index (κ2) is 5.18. The summed E-state index contributed by atoms with van der Waals surface area (Å²) in [6, 6.07) is 7.61. The Morgan fingerprint density at radius 2 is 2.09 bits per heavy atom. The molecule has 0 saturated heterocycles. The fourth-order valence-electron chi connectivity index (χ4n) is 2.74. The van der Waals surface area contributed by atoms with E-state index >= 15 is 0 Å². The highest BCUT2D eigenvalue weighted by Crippen LogP contribution is 2.22. The number of aryl methyl sites for hydroxylation is 1. The van der Waals surface area contributed by atoms with Crippen molar-refractivity contribution in [2.75, 3.05) is 0 Å². The molecule has 22 heavy (non-hydrogen) atoms. The van der Waals surface area contributed by atoms with Crippen LogP contribution in [0, 0.1) is 0 Å². The van der Waals surface area contributed by atoms with Crippen molar-refractivity contribution in [2.24, 2.45) is 0 Å². The quantitative estimate of drug-likeness (QED) is 0.728. The lowest BCUT2D eigenvalue weighted by atomic mass is 9.95. The van der Waals surface area contributed by atoms with Crippen molar-refractivity contribution in [3.05, 3.63) is 60.4 Å². The van der Waals surface area contributed by atoms with E-state index < -0.39 is 0 Å². The lowest BCUT2D eigenvalue weighted by Gasteiger charge is -2.14. The van der Waals surface area contributed by atoms with E-state index in [0.717, 1.165) is 41.2 Å². The van der Waals surface area contributed by atoms with Gasteiger partial charge in [-0.15, -0.1) is 0 Å². The van der Waals surface area contributed by atoms with Crippen LogP contribution in [0.2, 0.25) is 0 Å². The minimum Gasteiger partial charge on any atom is -0.294 e. The van der Waals surface area contributed by atoms with Crippen molar-refractivity contribution in [3.63, 3.8) is 0 Å². The van der Waals surface area contributed by atoms with Gasteiger partial charge in [0, 0.05) is 36.1 Å². The van der Waals surface area contributed by atoms with Crippen LogP contribution < -0.4 is 0 Å². The monoisotopic (exact) mass is 290 g/mol. The first-order valence-electron chi connectivity index (χ1n) is 7.29. The van der Waals surface area contributed by atoms with Gasteiger partial charge in [-0.3, -0.25) is 14.3 Å². The molecule has 0 N–H and O–H groups in total. The molecule has 5 heteroatoms. The molecule has 0 saturated carbocycles. The number of Topliss-reactive ketones (excluding diaryl/α,β-unsaturated/α-hetero) is 1. The summed E-state index contributed by atoms with van der Waals surface area (Å²) in [4.78, 5) is 25.0. The number of carbonyl (C=O) groups is 1. The first-order valence-corrected chi connectivity index (χ1v) is 7.29. The number of carbonyl (C=O) groups excluding carboxylic acids is 1. The maximum atomic E-state index is 11.9. The number of aromatic nitrogens is 4. The number of imidazole rings is 1. The number of pyridine rings is 2. The molecule has 1 aliphatic rings. The number of ketones is 1. The Morgan fingerprint density at radius 3 is 2.95 bits per heavy atom. The fraction of sp³-hybridized carbons (Fsp3) is 0.176. The van der Waals surface area contributed by atoms with Crippen molar-refractivity contribution in [3.8, 4) is 17.1 Å². The zero-order valence-corrected chi connectivity index (χ0v) is 11.9. The Balaban J connectivity index is 1.71. The Labute approximate surface area is 127 Å². The summed E-state index contributed by atoms with van der Waals surface area (Å²) in [5.41, 5.74) is 3.48. The fourth-order valence-corrected chi connectivity index (χ4v) is 2.74. The van der Waals surface area contributed by atoms with Crippen LogP contribution in [0.5, 0.6) is 0 Å². The van der Waals surface area contributed by atoms with Gasteiger partial charge in [-0.25, -0.2) is 9.97 Å². The summed E-state index contributed by atoms with van der Waals surface area (Å²) in [6.07, 6.45) is 9.56. The molecule has 4 rings (SSSR count). The molecule has 0 bridgehead atoms. The second-order valence-electron chi connectivity index (χ2n) is 5.35. The molecule has 1 aliphatic carbocycles. The minimum absolute atomic E-state index is 0.196. The van der Waals surface area contributed by atoms with Gasteiger partial charge in [0.05, 0.1) is 11.4 Å². The molecule has 3 aromatic heterocycles. The average Bonchev–Trinajstić information content (AvgIpc) is 3.06. The van der Waals surface area contributed by atoms with Crippen LogP contribution in [-0.2, 0) is 6.42 Å². The number of hydrogen-bond donors (Lipinski definition) is 0. The highest BCUT2D eigenvalue weighted by Gasteiger charge is 2.18. The van der Waals surface area contributed by atoms with Gasteiger partial charge in [0.1, 0.15) is 12.1 Å². The molecule has 0 aliphatic heterocycles. The number of nitrogens with zero attached hydrogens (tertiary/aromatic N) is 4. The normalized spacial score (nSPS) is 13.9. The Hall–Kier alpha value is -2.82. The smallest absolute Gasteiger partial charge is 0.164 e. The maximum Gasteiger partial charge on any atom is 0.164 e. The predicted molar refractivity (Wildman–Crippen MR) is 81.9 cm³/mol. The van der Waals surface area contributed by atoms with Crippen molar-refractivity contribution in [2.45, 2.75) is 19.3 Å². The molecule has 0 fully saturated rings. The van der Waals surface area contributed by atoms with Crippen LogP contribution >= 0.6 is 0 Å².